The smallest absolute Gasteiger partial charge is 0.402 e. The van der Waals surface area contributed by atoms with E-state index in [1.807, 2.05) is 0 Å². The van der Waals surface area contributed by atoms with Gasteiger partial charge in [-0.25, -0.2) is 14.0 Å². The first-order valence-corrected chi connectivity index (χ1v) is 23.9. The Balaban J connectivity index is 1.13. The van der Waals surface area contributed by atoms with Crippen molar-refractivity contribution < 1.29 is 133 Å². The van der Waals surface area contributed by atoms with Crippen molar-refractivity contribution in [2.75, 3.05) is 26.9 Å². The molecule has 15 atom stereocenters. The average Bonchev–Trinajstić information content (AvgIpc) is 3.43. The van der Waals surface area contributed by atoms with E-state index >= 15 is 0 Å². The molecular weight excluding hydrogens is 1060 g/mol. The summed E-state index contributed by atoms with van der Waals surface area (Å²) in [4.78, 5) is 25.8. The molecule has 3 fully saturated rings. The lowest BCUT2D eigenvalue weighted by atomic mass is 9.97. The number of methoxy groups -OCH3 is 1. The van der Waals surface area contributed by atoms with E-state index in [9.17, 15) is 86.2 Å². The van der Waals surface area contributed by atoms with Gasteiger partial charge in [-0.15, -0.1) is 0 Å². The monoisotopic (exact) mass is 1110 g/mol. The Morgan fingerprint density at radius 2 is 1.06 bits per heavy atom. The van der Waals surface area contributed by atoms with Crippen molar-refractivity contribution in [3.05, 3.63) is 96.1 Å². The van der Waals surface area contributed by atoms with Crippen LogP contribution in [0.3, 0.4) is 0 Å². The number of hydrogen-bond acceptors (Lipinski definition) is 26. The van der Waals surface area contributed by atoms with E-state index in [0.717, 1.165) is 48.6 Å². The fourth-order valence-corrected chi connectivity index (χ4v) is 8.44. The number of aliphatic hydroxyl groups is 9. The first-order chi connectivity index (χ1) is 37.6. The van der Waals surface area contributed by atoms with Crippen LogP contribution in [-0.4, -0.2) is 208 Å². The van der Waals surface area contributed by atoms with Crippen LogP contribution in [0, 0.1) is 0 Å². The minimum atomic E-state index is -2.18. The number of carbonyl (C=O) groups excluding carboxylic acids is 2. The second kappa shape index (κ2) is 24.6. The molecule has 1 aromatic heterocycles. The van der Waals surface area contributed by atoms with Crippen molar-refractivity contribution in [1.29, 1.82) is 0 Å². The molecule has 0 saturated carbocycles. The number of aromatic hydroxyl groups is 6. The van der Waals surface area contributed by atoms with Crippen LogP contribution in [-0.2, 0) is 38.0 Å². The van der Waals surface area contributed by atoms with E-state index in [1.54, 1.807) is 0 Å². The van der Waals surface area contributed by atoms with Crippen molar-refractivity contribution >= 4 is 35.1 Å². The lowest BCUT2D eigenvalue weighted by Crippen LogP contribution is -2.65. The number of esters is 2. The molecule has 0 unspecified atom stereocenters. The SMILES string of the molecule is COc1cc(/C=C/C(=O)OC[C@H]2O[C@H](O[C@H]3[C@H](Oc4cc5c(O[C@@H]6O[C@H](CO)[C@@H](O)[C@H](O)[C@H]6O)cc(O)cc5[o+]c4-c4ccc(O)c(O)c4)O[C@H](COC(=O)/C=C/c4ccc(O)c(O)c4)[C@@H](O)[C@@H]3O)[C@@H](O)[C@@H](O)[C@@H]2O)ccc1O. The number of carbonyl (C=O) groups is 2. The van der Waals surface area contributed by atoms with Gasteiger partial charge in [-0.3, -0.25) is 0 Å². The van der Waals surface area contributed by atoms with Gasteiger partial charge in [0.25, 0.3) is 0 Å². The van der Waals surface area contributed by atoms with Crippen LogP contribution in [0.5, 0.6) is 51.7 Å². The second-order valence-electron chi connectivity index (χ2n) is 18.2. The summed E-state index contributed by atoms with van der Waals surface area (Å²) >= 11 is 0. The highest BCUT2D eigenvalue weighted by Gasteiger charge is 2.53. The lowest BCUT2D eigenvalue weighted by Gasteiger charge is -2.45. The standard InChI is InChI=1S/C52H54O27/c1-70-33-13-22(3-8-28(33)57)5-11-39(61)71-19-36-41(63)44(66)47(69)51(77-36)79-49-45(67)42(64)37(20-72-38(60)10-4-21-2-7-26(55)29(58)12-21)78-52(49)75-34-17-25-31(73-48(34)23-6-9-27(56)30(59)14-23)15-24(54)16-32(25)74-50-46(68)43(65)40(62)35(18-53)76-50/h2-17,35-37,40-47,49-53,62-69H,18-20H2,1H3,(H5-,54,55,56,57,58,59,60,61)/p+1/t35-,36-,37-,40-,41-,42-,43+,44+,45+,46-,47+,49-,50-,51-,52-/m1/s1. The first-order valence-electron chi connectivity index (χ1n) is 23.9. The van der Waals surface area contributed by atoms with Gasteiger partial charge < -0.3 is 119 Å². The molecule has 3 aliphatic rings. The van der Waals surface area contributed by atoms with Crippen molar-refractivity contribution in [3.8, 4) is 63.1 Å². The molecule has 8 rings (SSSR count). The van der Waals surface area contributed by atoms with Crippen molar-refractivity contribution in [3.63, 3.8) is 0 Å². The molecule has 27 heteroatoms. The molecule has 0 radical (unpaired) electrons. The van der Waals surface area contributed by atoms with Gasteiger partial charge in [0.1, 0.15) is 97.2 Å². The minimum Gasteiger partial charge on any atom is -0.507 e. The molecule has 424 valence electrons. The molecule has 27 nitrogen and oxygen atoms in total. The zero-order chi connectivity index (χ0) is 57.0. The molecule has 3 saturated heterocycles. The molecule has 79 heavy (non-hydrogen) atoms. The van der Waals surface area contributed by atoms with Gasteiger partial charge >= 0.3 is 23.3 Å². The Morgan fingerprint density at radius 1 is 0.532 bits per heavy atom. The molecule has 0 aliphatic carbocycles. The molecule has 4 aromatic carbocycles. The summed E-state index contributed by atoms with van der Waals surface area (Å²) in [6, 6.07) is 14.5. The average molecular weight is 1110 g/mol. The topological polar surface area (TPSA) is 432 Å². The summed E-state index contributed by atoms with van der Waals surface area (Å²) in [6.07, 6.45) is -24.5. The minimum absolute atomic E-state index is 0.0572. The van der Waals surface area contributed by atoms with Crippen molar-refractivity contribution in [2.24, 2.45) is 0 Å². The third-order valence-electron chi connectivity index (χ3n) is 12.8. The maximum atomic E-state index is 13.0. The summed E-state index contributed by atoms with van der Waals surface area (Å²) in [5, 5.41) is 159. The molecule has 4 heterocycles. The van der Waals surface area contributed by atoms with Crippen LogP contribution in [0.2, 0.25) is 0 Å². The number of phenols is 6. The molecule has 0 amide bonds. The second-order valence-corrected chi connectivity index (χ2v) is 18.2. The Kier molecular flexibility index (Phi) is 17.9. The molecule has 5 aromatic rings. The van der Waals surface area contributed by atoms with Gasteiger partial charge in [0, 0.05) is 30.4 Å². The highest BCUT2D eigenvalue weighted by Crippen LogP contribution is 2.44. The van der Waals surface area contributed by atoms with Gasteiger partial charge in [0.15, 0.2) is 46.9 Å². The van der Waals surface area contributed by atoms with Gasteiger partial charge in [-0.1, -0.05) is 12.1 Å². The third-order valence-corrected chi connectivity index (χ3v) is 12.8. The normalized spacial score (nSPS) is 29.1. The van der Waals surface area contributed by atoms with E-state index in [2.05, 4.69) is 0 Å². The van der Waals surface area contributed by atoms with Crippen LogP contribution in [0.4, 0.5) is 0 Å². The number of ether oxygens (including phenoxy) is 9. The predicted octanol–water partition coefficient (Wildman–Crippen LogP) is -0.667. The maximum absolute atomic E-state index is 13.0. The van der Waals surface area contributed by atoms with Gasteiger partial charge in [-0.2, -0.15) is 0 Å². The largest absolute Gasteiger partial charge is 0.507 e. The summed E-state index contributed by atoms with van der Waals surface area (Å²) in [6.45, 7) is -2.44. The highest BCUT2D eigenvalue weighted by atomic mass is 16.8. The predicted molar refractivity (Wildman–Crippen MR) is 263 cm³/mol. The maximum Gasteiger partial charge on any atom is 0.402 e. The van der Waals surface area contributed by atoms with Crippen molar-refractivity contribution in [1.82, 2.24) is 0 Å². The van der Waals surface area contributed by atoms with E-state index in [0.29, 0.717) is 5.56 Å². The first kappa shape index (κ1) is 57.6. The molecule has 15 N–H and O–H groups in total. The highest BCUT2D eigenvalue weighted by molar-refractivity contribution is 5.89. The summed E-state index contributed by atoms with van der Waals surface area (Å²) in [5.41, 5.74) is 0.390. The van der Waals surface area contributed by atoms with E-state index in [-0.39, 0.29) is 45.1 Å². The fourth-order valence-electron chi connectivity index (χ4n) is 8.44. The molecular formula is C52H55O27+. The Bertz CT molecular complexity index is 3040. The summed E-state index contributed by atoms with van der Waals surface area (Å²) < 4.78 is 57.6. The molecule has 0 spiro atoms. The summed E-state index contributed by atoms with van der Waals surface area (Å²) in [5.74, 6) is -5.92. The quantitative estimate of drug-likeness (QED) is 0.0238. The van der Waals surface area contributed by atoms with Crippen LogP contribution in [0.15, 0.2) is 89.4 Å². The van der Waals surface area contributed by atoms with Crippen LogP contribution in [0.1, 0.15) is 11.1 Å². The number of aliphatic hydroxyl groups excluding tert-OH is 9. The van der Waals surface area contributed by atoms with Gasteiger partial charge in [-0.05, 0) is 59.7 Å². The van der Waals surface area contributed by atoms with E-state index in [1.165, 1.54) is 55.7 Å². The summed E-state index contributed by atoms with van der Waals surface area (Å²) in [7, 11) is 1.32. The molecule has 0 bridgehead atoms. The van der Waals surface area contributed by atoms with Gasteiger partial charge in [0.2, 0.25) is 18.3 Å². The van der Waals surface area contributed by atoms with Crippen molar-refractivity contribution in [2.45, 2.75) is 92.1 Å². The Labute approximate surface area is 445 Å². The zero-order valence-corrected chi connectivity index (χ0v) is 41.1. The fraction of sp³-hybridized carbons (Fsp3) is 0.365. The number of fused-ring (bicyclic) bond motifs is 1. The number of benzene rings is 4. The number of rotatable bonds is 17. The molecule has 3 aliphatic heterocycles. The number of hydrogen-bond donors (Lipinski definition) is 15. The van der Waals surface area contributed by atoms with E-state index < -0.39 is 158 Å². The van der Waals surface area contributed by atoms with E-state index in [4.69, 9.17) is 47.0 Å². The third kappa shape index (κ3) is 13.0. The Hall–Kier alpha value is -7.61. The van der Waals surface area contributed by atoms with Crippen LogP contribution in [0.25, 0.3) is 34.4 Å². The number of phenolic OH excluding ortho intramolecular Hbond substituents is 6. The Morgan fingerprint density at radius 3 is 1.67 bits per heavy atom. The van der Waals surface area contributed by atoms with Gasteiger partial charge in [0.05, 0.1) is 25.3 Å². The van der Waals surface area contributed by atoms with Crippen LogP contribution < -0.4 is 14.2 Å². The van der Waals surface area contributed by atoms with Crippen LogP contribution >= 0.6 is 0 Å². The lowest BCUT2D eigenvalue weighted by molar-refractivity contribution is -0.358. The zero-order valence-electron chi connectivity index (χ0n) is 41.1.